The van der Waals surface area contributed by atoms with Crippen LogP contribution in [0, 0.1) is 23.7 Å². The molecule has 0 fully saturated rings. The van der Waals surface area contributed by atoms with E-state index in [-0.39, 0.29) is 23.7 Å². The van der Waals surface area contributed by atoms with Crippen molar-refractivity contribution in [3.05, 3.63) is 59.2 Å². The van der Waals surface area contributed by atoms with Gasteiger partial charge in [-0.2, -0.15) is 0 Å². The number of hydrogen-bond acceptors (Lipinski definition) is 6. The molecule has 0 aliphatic carbocycles. The summed E-state index contributed by atoms with van der Waals surface area (Å²) in [5.74, 6) is 2.23. The smallest absolute Gasteiger partial charge is 0.223 e. The molecule has 0 aliphatic heterocycles. The Hall–Kier alpha value is -2.61. The van der Waals surface area contributed by atoms with Crippen LogP contribution in [0.1, 0.15) is 83.4 Å². The second kappa shape index (κ2) is 18.1. The highest BCUT2D eigenvalue weighted by molar-refractivity contribution is 5.78. The molecule has 0 bridgehead atoms. The Kier molecular flexibility index (Phi) is 15.4. The molecule has 4 atom stereocenters. The largest absolute Gasteiger partial charge is 0.493 e. The van der Waals surface area contributed by atoms with Crippen molar-refractivity contribution < 1.29 is 24.1 Å². The molecule has 42 heavy (non-hydrogen) atoms. The summed E-state index contributed by atoms with van der Waals surface area (Å²) >= 11 is 0. The molecular formula is C35H56N2O5. The Morgan fingerprint density at radius 3 is 2.12 bits per heavy atom. The van der Waals surface area contributed by atoms with Crippen molar-refractivity contribution in [2.24, 2.45) is 29.4 Å². The van der Waals surface area contributed by atoms with Crippen molar-refractivity contribution in [2.75, 3.05) is 27.4 Å². The molecule has 7 heteroatoms. The summed E-state index contributed by atoms with van der Waals surface area (Å²) in [4.78, 5) is 13.2. The first-order valence-corrected chi connectivity index (χ1v) is 15.6. The normalized spacial score (nSPS) is 14.6. The summed E-state index contributed by atoms with van der Waals surface area (Å²) < 4.78 is 16.6. The number of methoxy groups -OCH3 is 2. The molecule has 2 rings (SSSR count). The summed E-state index contributed by atoms with van der Waals surface area (Å²) in [6.07, 6.45) is 1.82. The number of nitrogens with one attached hydrogen (secondary N) is 1. The molecule has 2 aromatic rings. The van der Waals surface area contributed by atoms with Gasteiger partial charge >= 0.3 is 0 Å². The van der Waals surface area contributed by atoms with E-state index in [0.29, 0.717) is 50.2 Å². The summed E-state index contributed by atoms with van der Waals surface area (Å²) in [5.41, 5.74) is 10.1. The molecule has 4 N–H and O–H groups in total. The second-order valence-corrected chi connectivity index (χ2v) is 12.6. The third-order valence-corrected chi connectivity index (χ3v) is 8.24. The van der Waals surface area contributed by atoms with Crippen LogP contribution in [0.15, 0.2) is 42.5 Å². The molecular weight excluding hydrogens is 528 g/mol. The van der Waals surface area contributed by atoms with E-state index >= 15 is 0 Å². The molecule has 0 aromatic heterocycles. The van der Waals surface area contributed by atoms with Crippen LogP contribution in [0.3, 0.4) is 0 Å². The SMILES string of the molecule is COCCCOc1cc(CC(CC(N)C(O)CC(C(=O)NCc2ccc(C(C)C)cc2)C(C)C)C(C)C)ccc1OC. The molecule has 0 spiro atoms. The molecule has 4 unspecified atom stereocenters. The lowest BCUT2D eigenvalue weighted by atomic mass is 9.81. The van der Waals surface area contributed by atoms with Gasteiger partial charge < -0.3 is 30.4 Å². The molecule has 7 nitrogen and oxygen atoms in total. The molecule has 0 aliphatic rings. The summed E-state index contributed by atoms with van der Waals surface area (Å²) in [6.45, 7) is 14.4. The van der Waals surface area contributed by atoms with Crippen LogP contribution in [0.5, 0.6) is 11.5 Å². The lowest BCUT2D eigenvalue weighted by Gasteiger charge is -2.30. The highest BCUT2D eigenvalue weighted by Gasteiger charge is 2.29. The number of aliphatic hydroxyl groups excluding tert-OH is 1. The zero-order chi connectivity index (χ0) is 31.2. The highest BCUT2D eigenvalue weighted by atomic mass is 16.5. The quantitative estimate of drug-likeness (QED) is 0.172. The Bertz CT molecular complexity index is 1050. The molecule has 0 saturated carbocycles. The van der Waals surface area contributed by atoms with Gasteiger partial charge in [-0.15, -0.1) is 0 Å². The summed E-state index contributed by atoms with van der Waals surface area (Å²) in [5, 5.41) is 14.2. The predicted octanol–water partition coefficient (Wildman–Crippen LogP) is 6.11. The van der Waals surface area contributed by atoms with Crippen molar-refractivity contribution >= 4 is 5.91 Å². The summed E-state index contributed by atoms with van der Waals surface area (Å²) in [7, 11) is 3.32. The average molecular weight is 585 g/mol. The van der Waals surface area contributed by atoms with Crippen molar-refractivity contribution in [2.45, 2.75) is 91.8 Å². The Labute approximate surface area is 254 Å². The lowest BCUT2D eigenvalue weighted by Crippen LogP contribution is -2.42. The fourth-order valence-electron chi connectivity index (χ4n) is 5.20. The number of rotatable bonds is 19. The average Bonchev–Trinajstić information content (AvgIpc) is 2.96. The number of benzene rings is 2. The minimum absolute atomic E-state index is 0.0409. The number of ether oxygens (including phenoxy) is 3. The number of amides is 1. The Morgan fingerprint density at radius 2 is 1.55 bits per heavy atom. The van der Waals surface area contributed by atoms with E-state index in [1.807, 2.05) is 26.0 Å². The van der Waals surface area contributed by atoms with Crippen LogP contribution in [0.25, 0.3) is 0 Å². The zero-order valence-corrected chi connectivity index (χ0v) is 27.2. The fraction of sp³-hybridized carbons (Fsp3) is 0.629. The van der Waals surface area contributed by atoms with Gasteiger partial charge in [-0.25, -0.2) is 0 Å². The standard InChI is InChI=1S/C35H56N2O5/c1-23(2)28-13-10-26(11-14-28)22-37-35(39)30(25(5)6)21-32(38)31(36)20-29(24(3)4)18-27-12-15-33(41-8)34(19-27)42-17-9-16-40-7/h10-15,19,23-25,29-32,38H,9,16-18,20-22,36H2,1-8H3,(H,37,39). The third-order valence-electron chi connectivity index (χ3n) is 8.24. The van der Waals surface area contributed by atoms with Crippen LogP contribution < -0.4 is 20.5 Å². The van der Waals surface area contributed by atoms with Crippen molar-refractivity contribution in [1.29, 1.82) is 0 Å². The topological polar surface area (TPSA) is 103 Å². The number of nitrogens with two attached hydrogens (primary N) is 1. The number of carbonyl (C=O) groups is 1. The van der Waals surface area contributed by atoms with Crippen LogP contribution in [-0.4, -0.2) is 50.6 Å². The first-order valence-electron chi connectivity index (χ1n) is 15.6. The van der Waals surface area contributed by atoms with Gasteiger partial charge in [-0.05, 0) is 71.8 Å². The second-order valence-electron chi connectivity index (χ2n) is 12.6. The van der Waals surface area contributed by atoms with Gasteiger partial charge in [0, 0.05) is 38.6 Å². The first-order chi connectivity index (χ1) is 20.0. The van der Waals surface area contributed by atoms with E-state index in [1.165, 1.54) is 5.56 Å². The predicted molar refractivity (Wildman–Crippen MR) is 171 cm³/mol. The van der Waals surface area contributed by atoms with E-state index in [9.17, 15) is 9.90 Å². The highest BCUT2D eigenvalue weighted by Crippen LogP contribution is 2.32. The Morgan fingerprint density at radius 1 is 0.881 bits per heavy atom. The minimum atomic E-state index is -0.773. The fourth-order valence-corrected chi connectivity index (χ4v) is 5.20. The Balaban J connectivity index is 2.00. The molecule has 0 radical (unpaired) electrons. The number of aliphatic hydroxyl groups is 1. The molecule has 236 valence electrons. The van der Waals surface area contributed by atoms with Crippen molar-refractivity contribution in [3.8, 4) is 11.5 Å². The number of hydrogen-bond donors (Lipinski definition) is 3. The van der Waals surface area contributed by atoms with Crippen molar-refractivity contribution in [1.82, 2.24) is 5.32 Å². The summed E-state index contributed by atoms with van der Waals surface area (Å²) in [6, 6.07) is 14.0. The third kappa shape index (κ3) is 11.6. The van der Waals surface area contributed by atoms with Gasteiger partial charge in [0.15, 0.2) is 11.5 Å². The van der Waals surface area contributed by atoms with Gasteiger partial charge in [-0.3, -0.25) is 4.79 Å². The molecule has 2 aromatic carbocycles. The van der Waals surface area contributed by atoms with E-state index in [0.717, 1.165) is 29.7 Å². The van der Waals surface area contributed by atoms with Gasteiger partial charge in [0.1, 0.15) is 0 Å². The molecule has 1 amide bonds. The molecule has 0 saturated heterocycles. The van der Waals surface area contributed by atoms with Crippen LogP contribution in [0.2, 0.25) is 0 Å². The van der Waals surface area contributed by atoms with E-state index in [4.69, 9.17) is 19.9 Å². The van der Waals surface area contributed by atoms with Crippen molar-refractivity contribution in [3.63, 3.8) is 0 Å². The lowest BCUT2D eigenvalue weighted by molar-refractivity contribution is -0.127. The zero-order valence-electron chi connectivity index (χ0n) is 27.2. The number of carbonyl (C=O) groups excluding carboxylic acids is 1. The molecule has 0 heterocycles. The van der Waals surface area contributed by atoms with E-state index < -0.39 is 12.1 Å². The van der Waals surface area contributed by atoms with Gasteiger partial charge in [0.25, 0.3) is 0 Å². The van der Waals surface area contributed by atoms with E-state index in [1.54, 1.807) is 14.2 Å². The monoisotopic (exact) mass is 584 g/mol. The first kappa shape index (κ1) is 35.6. The van der Waals surface area contributed by atoms with Gasteiger partial charge in [0.2, 0.25) is 5.91 Å². The maximum absolute atomic E-state index is 13.2. The van der Waals surface area contributed by atoms with Crippen LogP contribution in [-0.2, 0) is 22.5 Å². The van der Waals surface area contributed by atoms with Crippen LogP contribution in [0.4, 0.5) is 0 Å². The van der Waals surface area contributed by atoms with Gasteiger partial charge in [-0.1, -0.05) is 71.9 Å². The van der Waals surface area contributed by atoms with Crippen LogP contribution >= 0.6 is 0 Å². The maximum Gasteiger partial charge on any atom is 0.223 e. The minimum Gasteiger partial charge on any atom is -0.493 e. The maximum atomic E-state index is 13.2. The van der Waals surface area contributed by atoms with Gasteiger partial charge in [0.05, 0.1) is 19.8 Å². The van der Waals surface area contributed by atoms with E-state index in [2.05, 4.69) is 63.3 Å².